The van der Waals surface area contributed by atoms with Crippen LogP contribution in [0.15, 0.2) is 4.99 Å². The molecule has 0 saturated carbocycles. The summed E-state index contributed by atoms with van der Waals surface area (Å²) >= 11 is 0. The monoisotopic (exact) mass is 314 g/mol. The molecule has 0 aliphatic rings. The second kappa shape index (κ2) is 9.54. The summed E-state index contributed by atoms with van der Waals surface area (Å²) in [5.41, 5.74) is -0.466. The summed E-state index contributed by atoms with van der Waals surface area (Å²) in [4.78, 5) is 17.8. The Labute approximate surface area is 135 Å². The van der Waals surface area contributed by atoms with Gasteiger partial charge in [0.05, 0.1) is 0 Å². The van der Waals surface area contributed by atoms with E-state index in [1.165, 1.54) is 0 Å². The summed E-state index contributed by atoms with van der Waals surface area (Å²) in [5.74, 6) is 1.36. The molecule has 1 atom stereocenters. The van der Waals surface area contributed by atoms with E-state index in [4.69, 9.17) is 4.74 Å². The van der Waals surface area contributed by atoms with Crippen molar-refractivity contribution >= 4 is 12.1 Å². The summed E-state index contributed by atoms with van der Waals surface area (Å²) < 4.78 is 5.36. The molecular weight excluding hydrogens is 280 g/mol. The maximum Gasteiger partial charge on any atom is 0.410 e. The van der Waals surface area contributed by atoms with E-state index in [0.29, 0.717) is 5.92 Å². The van der Waals surface area contributed by atoms with E-state index in [-0.39, 0.29) is 12.1 Å². The largest absolute Gasteiger partial charge is 0.444 e. The molecule has 1 unspecified atom stereocenters. The Hall–Kier alpha value is -1.46. The lowest BCUT2D eigenvalue weighted by atomic mass is 10.2. The van der Waals surface area contributed by atoms with Gasteiger partial charge in [0.2, 0.25) is 0 Å². The molecule has 22 heavy (non-hydrogen) atoms. The lowest BCUT2D eigenvalue weighted by Crippen LogP contribution is -2.43. The first-order valence-corrected chi connectivity index (χ1v) is 7.97. The second-order valence-corrected chi connectivity index (χ2v) is 7.00. The number of amides is 1. The number of carbonyl (C=O) groups is 1. The maximum absolute atomic E-state index is 12.0. The van der Waals surface area contributed by atoms with Crippen LogP contribution in [0.1, 0.15) is 48.0 Å². The molecule has 0 bridgehead atoms. The number of nitrogens with one attached hydrogen (secondary N) is 2. The predicted molar refractivity (Wildman–Crippen MR) is 92.3 cm³/mol. The van der Waals surface area contributed by atoms with Gasteiger partial charge in [-0.2, -0.15) is 0 Å². The van der Waals surface area contributed by atoms with Gasteiger partial charge in [-0.25, -0.2) is 4.79 Å². The van der Waals surface area contributed by atoms with Crippen LogP contribution in [0.5, 0.6) is 0 Å². The van der Waals surface area contributed by atoms with Crippen molar-refractivity contribution in [1.29, 1.82) is 0 Å². The summed E-state index contributed by atoms with van der Waals surface area (Å²) in [6, 6.07) is 0.0885. The molecule has 0 aromatic heterocycles. The fourth-order valence-electron chi connectivity index (χ4n) is 1.63. The first-order valence-electron chi connectivity index (χ1n) is 7.97. The minimum Gasteiger partial charge on any atom is -0.444 e. The fraction of sp³-hybridized carbons (Fsp3) is 0.875. The molecule has 0 heterocycles. The highest BCUT2D eigenvalue weighted by atomic mass is 16.6. The van der Waals surface area contributed by atoms with Crippen molar-refractivity contribution in [3.05, 3.63) is 0 Å². The van der Waals surface area contributed by atoms with Gasteiger partial charge in [0, 0.05) is 33.2 Å². The summed E-state index contributed by atoms with van der Waals surface area (Å²) in [6.45, 7) is 13.5. The molecule has 0 saturated heterocycles. The Morgan fingerprint density at radius 2 is 1.82 bits per heavy atom. The van der Waals surface area contributed by atoms with Crippen LogP contribution >= 0.6 is 0 Å². The molecule has 0 radical (unpaired) electrons. The number of ether oxygens (including phenoxy) is 1. The van der Waals surface area contributed by atoms with E-state index in [1.54, 1.807) is 19.0 Å². The van der Waals surface area contributed by atoms with E-state index < -0.39 is 5.60 Å². The number of hydrogen-bond acceptors (Lipinski definition) is 3. The van der Waals surface area contributed by atoms with Gasteiger partial charge in [0.25, 0.3) is 0 Å². The molecule has 1 amide bonds. The molecule has 0 fully saturated rings. The molecule has 2 N–H and O–H groups in total. The summed E-state index contributed by atoms with van der Waals surface area (Å²) in [5, 5.41) is 6.52. The highest BCUT2D eigenvalue weighted by Gasteiger charge is 2.22. The van der Waals surface area contributed by atoms with Crippen LogP contribution in [0.4, 0.5) is 4.79 Å². The Bertz CT molecular complexity index is 362. The van der Waals surface area contributed by atoms with Gasteiger partial charge in [-0.1, -0.05) is 13.8 Å². The van der Waals surface area contributed by atoms with Crippen LogP contribution < -0.4 is 10.6 Å². The molecule has 0 spiro atoms. The quantitative estimate of drug-likeness (QED) is 0.584. The van der Waals surface area contributed by atoms with Crippen molar-refractivity contribution < 1.29 is 9.53 Å². The first kappa shape index (κ1) is 20.5. The average Bonchev–Trinajstić information content (AvgIpc) is 2.39. The lowest BCUT2D eigenvalue weighted by molar-refractivity contribution is 0.0230. The molecule has 0 aromatic rings. The van der Waals surface area contributed by atoms with E-state index in [1.807, 2.05) is 27.7 Å². The zero-order chi connectivity index (χ0) is 17.3. The van der Waals surface area contributed by atoms with Gasteiger partial charge >= 0.3 is 6.09 Å². The SMILES string of the molecule is CN=C(NCCC(C)N(C)C(=O)OC(C)(C)C)NCC(C)C. The van der Waals surface area contributed by atoms with E-state index >= 15 is 0 Å². The van der Waals surface area contributed by atoms with Crippen LogP contribution in [0.25, 0.3) is 0 Å². The number of rotatable bonds is 6. The third-order valence-electron chi connectivity index (χ3n) is 3.10. The van der Waals surface area contributed by atoms with Gasteiger partial charge in [-0.05, 0) is 40.0 Å². The van der Waals surface area contributed by atoms with E-state index in [0.717, 1.165) is 25.5 Å². The smallest absolute Gasteiger partial charge is 0.410 e. The van der Waals surface area contributed by atoms with Crippen molar-refractivity contribution in [2.75, 3.05) is 27.2 Å². The van der Waals surface area contributed by atoms with Crippen LogP contribution in [0.2, 0.25) is 0 Å². The van der Waals surface area contributed by atoms with Gasteiger partial charge in [0.15, 0.2) is 5.96 Å². The van der Waals surface area contributed by atoms with Crippen molar-refractivity contribution in [3.8, 4) is 0 Å². The van der Waals surface area contributed by atoms with Crippen LogP contribution in [0.3, 0.4) is 0 Å². The summed E-state index contributed by atoms with van der Waals surface area (Å²) in [6.07, 6.45) is 0.528. The van der Waals surface area contributed by atoms with Crippen LogP contribution in [-0.4, -0.2) is 55.8 Å². The third kappa shape index (κ3) is 9.47. The third-order valence-corrected chi connectivity index (χ3v) is 3.10. The van der Waals surface area contributed by atoms with Gasteiger partial charge in [-0.15, -0.1) is 0 Å². The highest BCUT2D eigenvalue weighted by Crippen LogP contribution is 2.11. The molecular formula is C16H34N4O2. The van der Waals surface area contributed by atoms with E-state index in [9.17, 15) is 4.79 Å². The maximum atomic E-state index is 12.0. The highest BCUT2D eigenvalue weighted by molar-refractivity contribution is 5.79. The van der Waals surface area contributed by atoms with E-state index in [2.05, 4.69) is 29.5 Å². The molecule has 6 heteroatoms. The zero-order valence-corrected chi connectivity index (χ0v) is 15.5. The van der Waals surface area contributed by atoms with Crippen LogP contribution in [0, 0.1) is 5.92 Å². The molecule has 0 aliphatic carbocycles. The number of carbonyl (C=O) groups excluding carboxylic acids is 1. The summed E-state index contributed by atoms with van der Waals surface area (Å²) in [7, 11) is 3.52. The molecule has 0 aliphatic heterocycles. The molecule has 0 rings (SSSR count). The zero-order valence-electron chi connectivity index (χ0n) is 15.5. The Morgan fingerprint density at radius 3 is 2.27 bits per heavy atom. The normalized spacial score (nSPS) is 13.8. The van der Waals surface area contributed by atoms with Gasteiger partial charge in [-0.3, -0.25) is 4.99 Å². The number of guanidine groups is 1. The second-order valence-electron chi connectivity index (χ2n) is 7.00. The van der Waals surface area contributed by atoms with Crippen molar-refractivity contribution in [3.63, 3.8) is 0 Å². The molecule has 6 nitrogen and oxygen atoms in total. The number of nitrogens with zero attached hydrogens (tertiary/aromatic N) is 2. The number of hydrogen-bond donors (Lipinski definition) is 2. The number of aliphatic imine (C=N–C) groups is 1. The average molecular weight is 314 g/mol. The standard InChI is InChI=1S/C16H34N4O2/c1-12(2)11-19-14(17-7)18-10-9-13(3)20(8)15(21)22-16(4,5)6/h12-13H,9-11H2,1-8H3,(H2,17,18,19). The van der Waals surface area contributed by atoms with Crippen molar-refractivity contribution in [2.24, 2.45) is 10.9 Å². The van der Waals surface area contributed by atoms with Crippen LogP contribution in [-0.2, 0) is 4.74 Å². The first-order chi connectivity index (χ1) is 10.1. The Morgan fingerprint density at radius 1 is 1.23 bits per heavy atom. The van der Waals surface area contributed by atoms with Crippen molar-refractivity contribution in [1.82, 2.24) is 15.5 Å². The van der Waals surface area contributed by atoms with Crippen molar-refractivity contribution in [2.45, 2.75) is 59.6 Å². The fourth-order valence-corrected chi connectivity index (χ4v) is 1.63. The minimum absolute atomic E-state index is 0.0885. The predicted octanol–water partition coefficient (Wildman–Crippen LogP) is 2.45. The van der Waals surface area contributed by atoms with Gasteiger partial charge < -0.3 is 20.3 Å². The Kier molecular flexibility index (Phi) is 8.90. The minimum atomic E-state index is -0.466. The Balaban J connectivity index is 4.16. The topological polar surface area (TPSA) is 66.0 Å². The lowest BCUT2D eigenvalue weighted by Gasteiger charge is -2.29. The molecule has 0 aromatic carbocycles. The molecule has 130 valence electrons. The van der Waals surface area contributed by atoms with Gasteiger partial charge in [0.1, 0.15) is 5.60 Å².